The van der Waals surface area contributed by atoms with Crippen LogP contribution in [0.5, 0.6) is 0 Å². The second-order valence-electron chi connectivity index (χ2n) is 7.22. The van der Waals surface area contributed by atoms with Gasteiger partial charge in [-0.3, -0.25) is 0 Å². The van der Waals surface area contributed by atoms with Crippen LogP contribution >= 0.6 is 0 Å². The Balaban J connectivity index is 1.98. The smallest absolute Gasteiger partial charge is 0.118 e. The lowest BCUT2D eigenvalue weighted by atomic mass is 9.68. The topological polar surface area (TPSA) is 36.8 Å². The zero-order chi connectivity index (χ0) is 17.0. The quantitative estimate of drug-likeness (QED) is 0.857. The fourth-order valence-corrected chi connectivity index (χ4v) is 4.62. The molecule has 0 aromatic heterocycles. The van der Waals surface area contributed by atoms with E-state index in [1.54, 1.807) is 0 Å². The highest BCUT2D eigenvalue weighted by atomic mass is 16.3. The molecule has 0 amide bonds. The maximum atomic E-state index is 11.6. The molecule has 1 heterocycles. The minimum Gasteiger partial charge on any atom is -0.389 e. The van der Waals surface area contributed by atoms with E-state index in [2.05, 4.69) is 79.8 Å². The zero-order valence-electron chi connectivity index (χ0n) is 14.9. The summed E-state index contributed by atoms with van der Waals surface area (Å²) < 4.78 is 0. The summed E-state index contributed by atoms with van der Waals surface area (Å²) in [4.78, 5) is 0. The van der Waals surface area contributed by atoms with Crippen molar-refractivity contribution in [1.82, 2.24) is 0 Å². The number of hydrogen-bond donors (Lipinski definition) is 2. The second-order valence-corrected chi connectivity index (χ2v) is 7.22. The third-order valence-electron chi connectivity index (χ3n) is 5.67. The number of piperidine rings is 1. The Hall–Kier alpha value is -1.64. The first-order valence-electron chi connectivity index (χ1n) is 9.35. The van der Waals surface area contributed by atoms with Gasteiger partial charge in [0.1, 0.15) is 12.1 Å². The van der Waals surface area contributed by atoms with Crippen molar-refractivity contribution in [1.29, 1.82) is 0 Å². The molecule has 2 aromatic rings. The van der Waals surface area contributed by atoms with E-state index in [4.69, 9.17) is 0 Å². The lowest BCUT2D eigenvalue weighted by Crippen LogP contribution is -2.91. The van der Waals surface area contributed by atoms with E-state index >= 15 is 0 Å². The SMILES string of the molecule is CCC[C@@]1(O)C[C@@H](c2ccccc2)[NH2+][C@H](c2ccccc2)[C@@H]1CC. The number of benzene rings is 2. The molecule has 3 N–H and O–H groups in total. The molecule has 0 radical (unpaired) electrons. The summed E-state index contributed by atoms with van der Waals surface area (Å²) in [6.07, 6.45) is 3.75. The van der Waals surface area contributed by atoms with E-state index in [1.165, 1.54) is 11.1 Å². The third kappa shape index (κ3) is 3.40. The number of nitrogens with two attached hydrogens (primary N) is 1. The van der Waals surface area contributed by atoms with Crippen molar-refractivity contribution in [2.75, 3.05) is 0 Å². The van der Waals surface area contributed by atoms with Crippen LogP contribution in [-0.4, -0.2) is 10.7 Å². The average molecular weight is 324 g/mol. The van der Waals surface area contributed by atoms with Crippen LogP contribution in [0, 0.1) is 5.92 Å². The van der Waals surface area contributed by atoms with Crippen LogP contribution in [0.4, 0.5) is 0 Å². The fourth-order valence-electron chi connectivity index (χ4n) is 4.62. The largest absolute Gasteiger partial charge is 0.389 e. The van der Waals surface area contributed by atoms with Gasteiger partial charge in [-0.15, -0.1) is 0 Å². The van der Waals surface area contributed by atoms with Gasteiger partial charge >= 0.3 is 0 Å². The van der Waals surface area contributed by atoms with Crippen LogP contribution in [0.25, 0.3) is 0 Å². The monoisotopic (exact) mass is 324 g/mol. The van der Waals surface area contributed by atoms with Crippen molar-refractivity contribution >= 4 is 0 Å². The lowest BCUT2D eigenvalue weighted by Gasteiger charge is -2.46. The summed E-state index contributed by atoms with van der Waals surface area (Å²) in [6, 6.07) is 22.0. The van der Waals surface area contributed by atoms with Gasteiger partial charge in [0.05, 0.1) is 5.60 Å². The maximum Gasteiger partial charge on any atom is 0.118 e. The molecular weight excluding hydrogens is 294 g/mol. The molecule has 3 rings (SSSR count). The van der Waals surface area contributed by atoms with Crippen LogP contribution in [0.2, 0.25) is 0 Å². The molecule has 1 aliphatic heterocycles. The Bertz CT molecular complexity index is 627. The van der Waals surface area contributed by atoms with Crippen LogP contribution in [0.1, 0.15) is 62.7 Å². The molecule has 24 heavy (non-hydrogen) atoms. The Morgan fingerprint density at radius 3 is 2.08 bits per heavy atom. The van der Waals surface area contributed by atoms with E-state index < -0.39 is 5.60 Å². The van der Waals surface area contributed by atoms with Gasteiger partial charge in [0.25, 0.3) is 0 Å². The highest BCUT2D eigenvalue weighted by Crippen LogP contribution is 2.42. The zero-order valence-corrected chi connectivity index (χ0v) is 14.9. The highest BCUT2D eigenvalue weighted by Gasteiger charge is 2.49. The van der Waals surface area contributed by atoms with Crippen LogP contribution in [0.3, 0.4) is 0 Å². The molecule has 2 heteroatoms. The molecule has 1 fully saturated rings. The number of rotatable bonds is 5. The van der Waals surface area contributed by atoms with Crippen LogP contribution < -0.4 is 5.32 Å². The molecule has 128 valence electrons. The maximum absolute atomic E-state index is 11.6. The van der Waals surface area contributed by atoms with Crippen LogP contribution in [-0.2, 0) is 0 Å². The van der Waals surface area contributed by atoms with Gasteiger partial charge in [-0.1, -0.05) is 80.9 Å². The van der Waals surface area contributed by atoms with Crippen molar-refractivity contribution in [2.24, 2.45) is 5.92 Å². The Morgan fingerprint density at radius 2 is 1.54 bits per heavy atom. The van der Waals surface area contributed by atoms with Crippen LogP contribution in [0.15, 0.2) is 60.7 Å². The number of aliphatic hydroxyl groups is 1. The van der Waals surface area contributed by atoms with E-state index in [0.717, 1.165) is 25.7 Å². The molecule has 0 saturated carbocycles. The van der Waals surface area contributed by atoms with Crippen molar-refractivity contribution in [3.63, 3.8) is 0 Å². The molecule has 1 saturated heterocycles. The number of hydrogen-bond acceptors (Lipinski definition) is 1. The lowest BCUT2D eigenvalue weighted by molar-refractivity contribution is -0.757. The molecule has 1 aliphatic rings. The first-order chi connectivity index (χ1) is 11.7. The molecule has 0 unspecified atom stereocenters. The van der Waals surface area contributed by atoms with E-state index in [1.807, 2.05) is 0 Å². The van der Waals surface area contributed by atoms with E-state index in [-0.39, 0.29) is 0 Å². The van der Waals surface area contributed by atoms with Gasteiger partial charge in [0.15, 0.2) is 0 Å². The Labute approximate surface area is 145 Å². The summed E-state index contributed by atoms with van der Waals surface area (Å²) >= 11 is 0. The molecular formula is C22H30NO+. The van der Waals surface area contributed by atoms with Crippen molar-refractivity contribution in [2.45, 2.75) is 57.2 Å². The third-order valence-corrected chi connectivity index (χ3v) is 5.67. The molecule has 2 nitrogen and oxygen atoms in total. The van der Waals surface area contributed by atoms with Gasteiger partial charge < -0.3 is 10.4 Å². The van der Waals surface area contributed by atoms with Crippen molar-refractivity contribution in [3.8, 4) is 0 Å². The highest BCUT2D eigenvalue weighted by molar-refractivity contribution is 5.22. The molecule has 4 atom stereocenters. The molecule has 0 bridgehead atoms. The van der Waals surface area contributed by atoms with Gasteiger partial charge in [-0.05, 0) is 12.8 Å². The summed E-state index contributed by atoms with van der Waals surface area (Å²) in [5, 5.41) is 14.1. The van der Waals surface area contributed by atoms with E-state index in [0.29, 0.717) is 18.0 Å². The first kappa shape index (κ1) is 17.2. The predicted molar refractivity (Wildman–Crippen MR) is 98.5 cm³/mol. The van der Waals surface area contributed by atoms with Gasteiger partial charge in [-0.25, -0.2) is 0 Å². The minimum atomic E-state index is -0.584. The number of quaternary nitrogens is 1. The van der Waals surface area contributed by atoms with Crippen molar-refractivity contribution in [3.05, 3.63) is 71.8 Å². The molecule has 2 aromatic carbocycles. The Morgan fingerprint density at radius 1 is 0.958 bits per heavy atom. The second kappa shape index (κ2) is 7.50. The van der Waals surface area contributed by atoms with Gasteiger partial charge in [0.2, 0.25) is 0 Å². The molecule has 0 spiro atoms. The predicted octanol–water partition coefficient (Wildman–Crippen LogP) is 3.99. The summed E-state index contributed by atoms with van der Waals surface area (Å²) in [7, 11) is 0. The van der Waals surface area contributed by atoms with Gasteiger partial charge in [0, 0.05) is 23.5 Å². The average Bonchev–Trinajstić information content (AvgIpc) is 2.62. The minimum absolute atomic E-state index is 0.291. The standard InChI is InChI=1S/C22H29NO/c1-3-15-22(24)16-20(17-11-7-5-8-12-17)23-21(19(22)4-2)18-13-9-6-10-14-18/h5-14,19-21,23-24H,3-4,15-16H2,1-2H3/p+1/t19-,20-,21+,22+/m0/s1. The normalized spacial score (nSPS) is 30.2. The van der Waals surface area contributed by atoms with Crippen molar-refractivity contribution < 1.29 is 10.4 Å². The molecule has 0 aliphatic carbocycles. The Kier molecular flexibility index (Phi) is 5.37. The summed E-state index contributed by atoms with van der Waals surface area (Å²) in [6.45, 7) is 4.40. The summed E-state index contributed by atoms with van der Waals surface area (Å²) in [5.74, 6) is 0.291. The fraction of sp³-hybridized carbons (Fsp3) is 0.455. The summed E-state index contributed by atoms with van der Waals surface area (Å²) in [5.41, 5.74) is 2.07. The first-order valence-corrected chi connectivity index (χ1v) is 9.35. The van der Waals surface area contributed by atoms with Gasteiger partial charge in [-0.2, -0.15) is 0 Å². The van der Waals surface area contributed by atoms with E-state index in [9.17, 15) is 5.11 Å².